The summed E-state index contributed by atoms with van der Waals surface area (Å²) in [5.74, 6) is 3.08. The number of carbonyl (C=O) groups excluding carboxylic acids is 1. The summed E-state index contributed by atoms with van der Waals surface area (Å²) in [6.07, 6.45) is 2.44. The van der Waals surface area contributed by atoms with Gasteiger partial charge in [-0.2, -0.15) is 0 Å². The lowest BCUT2D eigenvalue weighted by molar-refractivity contribution is -0.121. The summed E-state index contributed by atoms with van der Waals surface area (Å²) in [7, 11) is 0. The van der Waals surface area contributed by atoms with Gasteiger partial charge in [-0.3, -0.25) is 4.79 Å². The molecule has 1 amide bonds. The molecule has 4 rings (SSSR count). The number of benzene rings is 2. The van der Waals surface area contributed by atoms with E-state index in [0.717, 1.165) is 53.4 Å². The second-order valence-electron chi connectivity index (χ2n) is 7.03. The zero-order valence-corrected chi connectivity index (χ0v) is 15.5. The monoisotopic (exact) mass is 369 g/mol. The van der Waals surface area contributed by atoms with E-state index in [-0.39, 0.29) is 25.7 Å². The van der Waals surface area contributed by atoms with Crippen LogP contribution in [0.5, 0.6) is 23.0 Å². The van der Waals surface area contributed by atoms with Gasteiger partial charge in [-0.15, -0.1) is 0 Å². The number of carbonyl (C=O) groups is 1. The van der Waals surface area contributed by atoms with E-state index in [0.29, 0.717) is 0 Å². The van der Waals surface area contributed by atoms with Crippen LogP contribution < -0.4 is 18.9 Å². The average molecular weight is 369 g/mol. The van der Waals surface area contributed by atoms with Gasteiger partial charge in [-0.1, -0.05) is 12.1 Å². The van der Waals surface area contributed by atoms with Crippen LogP contribution in [-0.2, 0) is 17.6 Å². The third-order valence-electron chi connectivity index (χ3n) is 5.08. The van der Waals surface area contributed by atoms with Gasteiger partial charge in [0.25, 0.3) is 0 Å². The molecule has 0 saturated heterocycles. The standard InChI is InChI=1S/C21H23NO5/c1-14(7-16-3-5-18-20(9-16)26-12-24-18)22(11-23)15(2)8-17-4-6-19-21(10-17)27-13-25-19/h3-6,9-11,14-15H,7-8,12-13H2,1-2H3. The average Bonchev–Trinajstić information content (AvgIpc) is 3.30. The zero-order chi connectivity index (χ0) is 18.8. The van der Waals surface area contributed by atoms with Crippen LogP contribution >= 0.6 is 0 Å². The molecule has 0 aromatic heterocycles. The molecule has 6 heteroatoms. The Balaban J connectivity index is 1.41. The van der Waals surface area contributed by atoms with Crippen molar-refractivity contribution >= 4 is 6.41 Å². The van der Waals surface area contributed by atoms with Gasteiger partial charge < -0.3 is 23.8 Å². The van der Waals surface area contributed by atoms with Gasteiger partial charge >= 0.3 is 0 Å². The van der Waals surface area contributed by atoms with Crippen LogP contribution in [0.4, 0.5) is 0 Å². The number of hydrogen-bond acceptors (Lipinski definition) is 5. The lowest BCUT2D eigenvalue weighted by Gasteiger charge is -2.31. The Labute approximate surface area is 158 Å². The number of rotatable bonds is 7. The Morgan fingerprint density at radius 1 is 0.815 bits per heavy atom. The van der Waals surface area contributed by atoms with E-state index >= 15 is 0 Å². The molecule has 2 aromatic carbocycles. The minimum atomic E-state index is 0.0619. The first-order chi connectivity index (χ1) is 13.1. The number of fused-ring (bicyclic) bond motifs is 2. The largest absolute Gasteiger partial charge is 0.454 e. The van der Waals surface area contributed by atoms with Gasteiger partial charge in [0, 0.05) is 12.1 Å². The fraction of sp³-hybridized carbons (Fsp3) is 0.381. The molecule has 2 atom stereocenters. The van der Waals surface area contributed by atoms with Gasteiger partial charge in [0.1, 0.15) is 0 Å². The van der Waals surface area contributed by atoms with Crippen molar-refractivity contribution < 1.29 is 23.7 Å². The molecule has 2 aromatic rings. The highest BCUT2D eigenvalue weighted by atomic mass is 16.7. The van der Waals surface area contributed by atoms with Crippen molar-refractivity contribution in [1.29, 1.82) is 0 Å². The second kappa shape index (κ2) is 7.39. The highest BCUT2D eigenvalue weighted by Gasteiger charge is 2.22. The van der Waals surface area contributed by atoms with Crippen LogP contribution in [0.15, 0.2) is 36.4 Å². The first-order valence-corrected chi connectivity index (χ1v) is 9.14. The van der Waals surface area contributed by atoms with E-state index in [1.165, 1.54) is 0 Å². The van der Waals surface area contributed by atoms with Crippen molar-refractivity contribution in [2.45, 2.75) is 38.8 Å². The molecule has 6 nitrogen and oxygen atoms in total. The maximum Gasteiger partial charge on any atom is 0.231 e. The summed E-state index contributed by atoms with van der Waals surface area (Å²) >= 11 is 0. The van der Waals surface area contributed by atoms with Gasteiger partial charge in [-0.25, -0.2) is 0 Å². The molecular formula is C21H23NO5. The molecule has 0 fully saturated rings. The second-order valence-corrected chi connectivity index (χ2v) is 7.03. The van der Waals surface area contributed by atoms with Crippen molar-refractivity contribution in [3.63, 3.8) is 0 Å². The third-order valence-corrected chi connectivity index (χ3v) is 5.08. The van der Waals surface area contributed by atoms with Crippen LogP contribution in [0.1, 0.15) is 25.0 Å². The molecule has 0 N–H and O–H groups in total. The predicted molar refractivity (Wildman–Crippen MR) is 99.4 cm³/mol. The number of ether oxygens (including phenoxy) is 4. The van der Waals surface area contributed by atoms with Crippen molar-refractivity contribution in [2.24, 2.45) is 0 Å². The van der Waals surface area contributed by atoms with Crippen LogP contribution in [0.25, 0.3) is 0 Å². The van der Waals surface area contributed by atoms with Gasteiger partial charge in [0.2, 0.25) is 20.0 Å². The normalized spacial score (nSPS) is 16.1. The molecule has 2 aliphatic rings. The maximum absolute atomic E-state index is 11.8. The third kappa shape index (κ3) is 3.65. The summed E-state index contributed by atoms with van der Waals surface area (Å²) < 4.78 is 21.6. The van der Waals surface area contributed by atoms with E-state index in [9.17, 15) is 4.79 Å². The minimum absolute atomic E-state index is 0.0619. The summed E-state index contributed by atoms with van der Waals surface area (Å²) in [6, 6.07) is 12.0. The molecule has 0 radical (unpaired) electrons. The molecule has 0 aliphatic carbocycles. The molecule has 2 heterocycles. The van der Waals surface area contributed by atoms with Crippen LogP contribution in [0.2, 0.25) is 0 Å². The fourth-order valence-electron chi connectivity index (χ4n) is 3.67. The van der Waals surface area contributed by atoms with Crippen LogP contribution in [0, 0.1) is 0 Å². The Hall–Kier alpha value is -2.89. The highest BCUT2D eigenvalue weighted by Crippen LogP contribution is 2.34. The molecule has 0 bridgehead atoms. The van der Waals surface area contributed by atoms with Crippen LogP contribution in [-0.4, -0.2) is 37.0 Å². The molecule has 2 aliphatic heterocycles. The van der Waals surface area contributed by atoms with Crippen molar-refractivity contribution in [3.8, 4) is 23.0 Å². The SMILES string of the molecule is CC(Cc1ccc2c(c1)OCO2)N(C=O)C(C)Cc1ccc2c(c1)OCO2. The zero-order valence-electron chi connectivity index (χ0n) is 15.5. The van der Waals surface area contributed by atoms with Crippen molar-refractivity contribution in [3.05, 3.63) is 47.5 Å². The molecular weight excluding hydrogens is 346 g/mol. The summed E-state index contributed by atoms with van der Waals surface area (Å²) in [6.45, 7) is 4.66. The van der Waals surface area contributed by atoms with Crippen LogP contribution in [0.3, 0.4) is 0 Å². The fourth-order valence-corrected chi connectivity index (χ4v) is 3.67. The first-order valence-electron chi connectivity index (χ1n) is 9.14. The van der Waals surface area contributed by atoms with Gasteiger partial charge in [0.05, 0.1) is 0 Å². The lowest BCUT2D eigenvalue weighted by Crippen LogP contribution is -2.41. The smallest absolute Gasteiger partial charge is 0.231 e. The lowest BCUT2D eigenvalue weighted by atomic mass is 10.0. The van der Waals surface area contributed by atoms with E-state index in [1.54, 1.807) is 0 Å². The first kappa shape index (κ1) is 17.5. The topological polar surface area (TPSA) is 57.2 Å². The Kier molecular flexibility index (Phi) is 4.79. The molecule has 0 spiro atoms. The summed E-state index contributed by atoms with van der Waals surface area (Å²) in [5.41, 5.74) is 2.24. The Morgan fingerprint density at radius 3 is 1.70 bits per heavy atom. The van der Waals surface area contributed by atoms with E-state index in [4.69, 9.17) is 18.9 Å². The number of nitrogens with zero attached hydrogens (tertiary/aromatic N) is 1. The molecule has 2 unspecified atom stereocenters. The number of amides is 1. The van der Waals surface area contributed by atoms with Crippen molar-refractivity contribution in [2.75, 3.05) is 13.6 Å². The number of hydrogen-bond donors (Lipinski definition) is 0. The summed E-state index contributed by atoms with van der Waals surface area (Å²) in [4.78, 5) is 13.6. The highest BCUT2D eigenvalue weighted by molar-refractivity contribution is 5.50. The summed E-state index contributed by atoms with van der Waals surface area (Å²) in [5, 5.41) is 0. The molecule has 142 valence electrons. The molecule has 27 heavy (non-hydrogen) atoms. The van der Waals surface area contributed by atoms with Gasteiger partial charge in [-0.05, 0) is 62.1 Å². The van der Waals surface area contributed by atoms with Crippen molar-refractivity contribution in [1.82, 2.24) is 4.90 Å². The quantitative estimate of drug-likeness (QED) is 0.702. The van der Waals surface area contributed by atoms with Gasteiger partial charge in [0.15, 0.2) is 23.0 Å². The minimum Gasteiger partial charge on any atom is -0.454 e. The predicted octanol–water partition coefficient (Wildman–Crippen LogP) is 3.16. The van der Waals surface area contributed by atoms with E-state index < -0.39 is 0 Å². The molecule has 0 saturated carbocycles. The van der Waals surface area contributed by atoms with E-state index in [2.05, 4.69) is 13.8 Å². The van der Waals surface area contributed by atoms with E-state index in [1.807, 2.05) is 41.3 Å². The Morgan fingerprint density at radius 2 is 1.26 bits per heavy atom. The Bertz CT molecular complexity index is 772. The maximum atomic E-state index is 11.8.